The molecule has 0 amide bonds. The number of carbonyl (C=O) groups is 2. The molecule has 0 saturated heterocycles. The number of nitrogens with zero attached hydrogens (tertiary/aromatic N) is 1. The molecular formula is C16H13NO4. The van der Waals surface area contributed by atoms with Crippen molar-refractivity contribution in [3.05, 3.63) is 76.7 Å². The normalized spacial score (nSPS) is 10.1. The fourth-order valence-corrected chi connectivity index (χ4v) is 1.87. The first-order valence-electron chi connectivity index (χ1n) is 6.21. The Bertz CT molecular complexity index is 756. The zero-order chi connectivity index (χ0) is 15.4. The summed E-state index contributed by atoms with van der Waals surface area (Å²) >= 11 is 0. The molecule has 21 heavy (non-hydrogen) atoms. The van der Waals surface area contributed by atoms with E-state index in [1.54, 1.807) is 24.3 Å². The Morgan fingerprint density at radius 1 is 1.10 bits per heavy atom. The van der Waals surface area contributed by atoms with Crippen LogP contribution < -0.4 is 5.56 Å². The minimum Gasteiger partial charge on any atom is -0.481 e. The maximum atomic E-state index is 12.3. The van der Waals surface area contributed by atoms with E-state index in [1.807, 2.05) is 0 Å². The third kappa shape index (κ3) is 3.33. The summed E-state index contributed by atoms with van der Waals surface area (Å²) in [4.78, 5) is 34.5. The van der Waals surface area contributed by atoms with Gasteiger partial charge < -0.3 is 5.11 Å². The number of carboxylic acid groups (broad SMARTS) is 1. The minimum atomic E-state index is -0.936. The molecule has 1 aromatic carbocycles. The summed E-state index contributed by atoms with van der Waals surface area (Å²) in [6.07, 6.45) is 1.37. The van der Waals surface area contributed by atoms with Crippen LogP contribution in [-0.2, 0) is 11.2 Å². The topological polar surface area (TPSA) is 76.4 Å². The van der Waals surface area contributed by atoms with Crippen LogP contribution >= 0.6 is 0 Å². The third-order valence-electron chi connectivity index (χ3n) is 2.95. The third-order valence-corrected chi connectivity index (χ3v) is 2.95. The lowest BCUT2D eigenvalue weighted by molar-refractivity contribution is -0.136. The van der Waals surface area contributed by atoms with E-state index in [0.29, 0.717) is 11.1 Å². The number of benzene rings is 1. The molecule has 106 valence electrons. The van der Waals surface area contributed by atoms with Crippen molar-refractivity contribution in [2.75, 3.05) is 0 Å². The molecule has 0 saturated carbocycles. The van der Waals surface area contributed by atoms with Crippen LogP contribution in [-0.4, -0.2) is 21.4 Å². The van der Waals surface area contributed by atoms with Crippen LogP contribution in [0.2, 0.25) is 0 Å². The summed E-state index contributed by atoms with van der Waals surface area (Å²) < 4.78 is 1.17. The van der Waals surface area contributed by atoms with Gasteiger partial charge in [-0.2, -0.15) is 0 Å². The Morgan fingerprint density at radius 2 is 1.76 bits per heavy atom. The quantitative estimate of drug-likeness (QED) is 0.671. The fourth-order valence-electron chi connectivity index (χ4n) is 1.87. The molecule has 5 heteroatoms. The average Bonchev–Trinajstić information content (AvgIpc) is 2.46. The van der Waals surface area contributed by atoms with E-state index >= 15 is 0 Å². The molecular weight excluding hydrogens is 270 g/mol. The minimum absolute atomic E-state index is 0.0478. The molecule has 0 aliphatic heterocycles. The van der Waals surface area contributed by atoms with Crippen molar-refractivity contribution in [1.29, 1.82) is 0 Å². The lowest BCUT2D eigenvalue weighted by atomic mass is 10.0. The maximum Gasteiger partial charge on any atom is 0.307 e. The molecule has 2 rings (SSSR count). The van der Waals surface area contributed by atoms with E-state index in [9.17, 15) is 14.4 Å². The first-order valence-corrected chi connectivity index (χ1v) is 6.21. The maximum absolute atomic E-state index is 12.3. The summed E-state index contributed by atoms with van der Waals surface area (Å²) in [5.74, 6) is -1.32. The number of pyridine rings is 1. The summed E-state index contributed by atoms with van der Waals surface area (Å²) in [5.41, 5.74) is 0.663. The number of carboxylic acids is 1. The summed E-state index contributed by atoms with van der Waals surface area (Å²) in [5, 5.41) is 8.69. The lowest BCUT2D eigenvalue weighted by Gasteiger charge is -2.08. The van der Waals surface area contributed by atoms with E-state index < -0.39 is 5.97 Å². The number of aliphatic carboxylic acids is 1. The highest BCUT2D eigenvalue weighted by Gasteiger charge is 2.13. The predicted octanol–water partition coefficient (Wildman–Crippen LogP) is 1.83. The number of carbonyl (C=O) groups excluding carboxylic acids is 1. The van der Waals surface area contributed by atoms with Crippen molar-refractivity contribution >= 4 is 17.4 Å². The van der Waals surface area contributed by atoms with E-state index in [4.69, 9.17) is 5.11 Å². The van der Waals surface area contributed by atoms with Crippen molar-refractivity contribution in [3.63, 3.8) is 0 Å². The van der Waals surface area contributed by atoms with Crippen molar-refractivity contribution < 1.29 is 14.7 Å². The second-order valence-corrected chi connectivity index (χ2v) is 4.45. The Balaban J connectivity index is 2.24. The largest absolute Gasteiger partial charge is 0.481 e. The molecule has 0 atom stereocenters. The van der Waals surface area contributed by atoms with E-state index in [2.05, 4.69) is 6.58 Å². The first kappa shape index (κ1) is 14.5. The predicted molar refractivity (Wildman–Crippen MR) is 78.1 cm³/mol. The molecule has 1 heterocycles. The van der Waals surface area contributed by atoms with Crippen LogP contribution in [0, 0.1) is 0 Å². The van der Waals surface area contributed by atoms with Gasteiger partial charge in [-0.1, -0.05) is 36.9 Å². The van der Waals surface area contributed by atoms with Gasteiger partial charge in [-0.25, -0.2) is 0 Å². The zero-order valence-electron chi connectivity index (χ0n) is 11.2. The molecule has 0 radical (unpaired) electrons. The van der Waals surface area contributed by atoms with Crippen LogP contribution in [0.5, 0.6) is 0 Å². The lowest BCUT2D eigenvalue weighted by Crippen LogP contribution is -2.21. The van der Waals surface area contributed by atoms with Crippen molar-refractivity contribution in [3.8, 4) is 0 Å². The molecule has 0 unspecified atom stereocenters. The molecule has 0 bridgehead atoms. The number of aromatic nitrogens is 1. The van der Waals surface area contributed by atoms with Gasteiger partial charge in [-0.05, 0) is 11.6 Å². The molecule has 5 nitrogen and oxygen atoms in total. The van der Waals surface area contributed by atoms with Gasteiger partial charge in [0.1, 0.15) is 0 Å². The van der Waals surface area contributed by atoms with Crippen LogP contribution in [0.15, 0.2) is 60.0 Å². The van der Waals surface area contributed by atoms with Gasteiger partial charge in [0, 0.05) is 17.8 Å². The number of Topliss-reactive ketones (excluding diaryl/α,β-unsaturated/α-hetero) is 1. The Morgan fingerprint density at radius 3 is 2.33 bits per heavy atom. The Labute approximate surface area is 120 Å². The molecule has 0 aliphatic rings. The smallest absolute Gasteiger partial charge is 0.307 e. The zero-order valence-corrected chi connectivity index (χ0v) is 11.2. The van der Waals surface area contributed by atoms with Crippen molar-refractivity contribution in [2.24, 2.45) is 0 Å². The van der Waals surface area contributed by atoms with Gasteiger partial charge in [0.2, 0.25) is 5.78 Å². The van der Waals surface area contributed by atoms with Gasteiger partial charge in [0.05, 0.1) is 12.1 Å². The summed E-state index contributed by atoms with van der Waals surface area (Å²) in [6.45, 7) is 3.65. The molecule has 0 aliphatic carbocycles. The molecule has 1 N–H and O–H groups in total. The number of rotatable bonds is 5. The molecule has 0 fully saturated rings. The second-order valence-electron chi connectivity index (χ2n) is 4.45. The van der Waals surface area contributed by atoms with Crippen molar-refractivity contribution in [1.82, 2.24) is 4.57 Å². The van der Waals surface area contributed by atoms with Gasteiger partial charge in [0.25, 0.3) is 5.56 Å². The van der Waals surface area contributed by atoms with Gasteiger partial charge >= 0.3 is 5.97 Å². The highest BCUT2D eigenvalue weighted by Crippen LogP contribution is 2.12. The van der Waals surface area contributed by atoms with Gasteiger partial charge in [0.15, 0.2) is 0 Å². The number of allylic oxidation sites excluding steroid dienone is 1. The summed E-state index contributed by atoms with van der Waals surface area (Å²) in [7, 11) is 0. The number of hydrogen-bond donors (Lipinski definition) is 1. The van der Waals surface area contributed by atoms with Crippen LogP contribution in [0.1, 0.15) is 15.9 Å². The van der Waals surface area contributed by atoms with Crippen molar-refractivity contribution in [2.45, 2.75) is 6.42 Å². The Kier molecular flexibility index (Phi) is 4.13. The number of hydrogen-bond acceptors (Lipinski definition) is 3. The second kappa shape index (κ2) is 6.00. The highest BCUT2D eigenvalue weighted by molar-refractivity contribution is 6.23. The standard InChI is InChI=1S/C16H13NO4/c1-11(17-9-3-2-4-14(17)18)16(21)13-7-5-12(6-8-13)10-15(19)20/h2-9H,1,10H2,(H,19,20). The SMILES string of the molecule is C=C(C(=O)c1ccc(CC(=O)O)cc1)n1ccccc1=O. The summed E-state index contributed by atoms with van der Waals surface area (Å²) in [6, 6.07) is 10.8. The average molecular weight is 283 g/mol. The first-order chi connectivity index (χ1) is 9.99. The highest BCUT2D eigenvalue weighted by atomic mass is 16.4. The van der Waals surface area contributed by atoms with Gasteiger partial charge in [-0.15, -0.1) is 0 Å². The molecule has 0 spiro atoms. The molecule has 1 aromatic heterocycles. The monoisotopic (exact) mass is 283 g/mol. The van der Waals surface area contributed by atoms with E-state index in [0.717, 1.165) is 0 Å². The fraction of sp³-hybridized carbons (Fsp3) is 0.0625. The number of ketones is 1. The van der Waals surface area contributed by atoms with E-state index in [1.165, 1.54) is 29.0 Å². The Hall–Kier alpha value is -2.95. The van der Waals surface area contributed by atoms with Crippen LogP contribution in [0.4, 0.5) is 0 Å². The van der Waals surface area contributed by atoms with Gasteiger partial charge in [-0.3, -0.25) is 19.0 Å². The molecule has 2 aromatic rings. The van der Waals surface area contributed by atoms with Crippen LogP contribution in [0.3, 0.4) is 0 Å². The van der Waals surface area contributed by atoms with Crippen LogP contribution in [0.25, 0.3) is 5.70 Å². The van der Waals surface area contributed by atoms with E-state index in [-0.39, 0.29) is 23.5 Å².